The third kappa shape index (κ3) is 4.70. The van der Waals surface area contributed by atoms with Crippen LogP contribution < -0.4 is 10.6 Å². The van der Waals surface area contributed by atoms with Crippen LogP contribution in [0, 0.1) is 0 Å². The second kappa shape index (κ2) is 8.15. The number of amides is 1. The molecule has 1 atom stereocenters. The van der Waals surface area contributed by atoms with Crippen LogP contribution in [0.1, 0.15) is 19.3 Å². The molecule has 1 aromatic heterocycles. The highest BCUT2D eigenvalue weighted by Gasteiger charge is 2.18. The fourth-order valence-electron chi connectivity index (χ4n) is 2.58. The number of halogens is 3. The minimum absolute atomic E-state index is 0. The summed E-state index contributed by atoms with van der Waals surface area (Å²) in [6.45, 7) is 0.992. The van der Waals surface area contributed by atoms with Crippen LogP contribution in [0.2, 0.25) is 5.02 Å². The Labute approximate surface area is 154 Å². The number of aromatic amines is 1. The average Bonchev–Trinajstić information content (AvgIpc) is 3.13. The van der Waals surface area contributed by atoms with Crippen molar-refractivity contribution >= 4 is 51.7 Å². The molecule has 0 spiro atoms. The van der Waals surface area contributed by atoms with E-state index in [1.807, 2.05) is 18.2 Å². The molecule has 2 aromatic rings. The molecule has 0 saturated carbocycles. The summed E-state index contributed by atoms with van der Waals surface area (Å²) in [7, 11) is 0. The molecule has 8 heteroatoms. The molecule has 1 aromatic carbocycles. The molecule has 0 radical (unpaired) electrons. The first-order chi connectivity index (χ1) is 10.6. The molecule has 0 bridgehead atoms. The van der Waals surface area contributed by atoms with Gasteiger partial charge in [-0.15, -0.1) is 12.4 Å². The molecule has 0 aliphatic carbocycles. The number of rotatable bonds is 4. The van der Waals surface area contributed by atoms with Crippen LogP contribution in [0.25, 0.3) is 11.3 Å². The molecule has 5 nitrogen and oxygen atoms in total. The molecule has 1 aliphatic rings. The molecule has 3 N–H and O–H groups in total. The number of aromatic nitrogens is 2. The fraction of sp³-hybridized carbons (Fsp3) is 0.333. The van der Waals surface area contributed by atoms with Crippen molar-refractivity contribution in [2.24, 2.45) is 0 Å². The van der Waals surface area contributed by atoms with Crippen LogP contribution in [0.15, 0.2) is 28.7 Å². The molecular formula is C15H17BrCl2N4O. The zero-order valence-corrected chi connectivity index (χ0v) is 15.4. The molecular weight excluding hydrogens is 403 g/mol. The van der Waals surface area contributed by atoms with Gasteiger partial charge in [0.2, 0.25) is 5.91 Å². The Morgan fingerprint density at radius 2 is 2.26 bits per heavy atom. The first kappa shape index (κ1) is 18.3. The minimum atomic E-state index is -0.0298. The zero-order valence-electron chi connectivity index (χ0n) is 12.2. The standard InChI is InChI=1S/C15H16BrClN4O.ClH/c16-9-3-4-12(17)11(6-9)13-8-14(21-20-13)19-15(22)7-10-2-1-5-18-10;/h3-4,6,8,10,18H,1-2,5,7H2,(H2,19,20,21,22);1H. The monoisotopic (exact) mass is 418 g/mol. The topological polar surface area (TPSA) is 69.8 Å². The second-order valence-corrected chi connectivity index (χ2v) is 6.66. The number of nitrogens with zero attached hydrogens (tertiary/aromatic N) is 1. The predicted octanol–water partition coefficient (Wildman–Crippen LogP) is 4.00. The van der Waals surface area contributed by atoms with E-state index in [1.54, 1.807) is 6.07 Å². The van der Waals surface area contributed by atoms with Crippen LogP contribution in [0.3, 0.4) is 0 Å². The summed E-state index contributed by atoms with van der Waals surface area (Å²) in [5.74, 6) is 0.479. The number of anilines is 1. The average molecular weight is 420 g/mol. The van der Waals surface area contributed by atoms with E-state index < -0.39 is 0 Å². The van der Waals surface area contributed by atoms with E-state index in [0.717, 1.165) is 35.1 Å². The van der Waals surface area contributed by atoms with E-state index >= 15 is 0 Å². The Bertz CT molecular complexity index is 686. The molecule has 1 fully saturated rings. The van der Waals surface area contributed by atoms with Crippen molar-refractivity contribution in [2.45, 2.75) is 25.3 Å². The third-order valence-corrected chi connectivity index (χ3v) is 4.48. The number of H-pyrrole nitrogens is 1. The Balaban J connectivity index is 0.00000192. The number of nitrogens with one attached hydrogen (secondary N) is 3. The van der Waals surface area contributed by atoms with Gasteiger partial charge in [-0.05, 0) is 37.6 Å². The summed E-state index contributed by atoms with van der Waals surface area (Å²) in [5, 5.41) is 13.8. The summed E-state index contributed by atoms with van der Waals surface area (Å²) in [6, 6.07) is 7.65. The predicted molar refractivity (Wildman–Crippen MR) is 98.3 cm³/mol. The maximum atomic E-state index is 12.0. The fourth-order valence-corrected chi connectivity index (χ4v) is 3.16. The Morgan fingerprint density at radius 1 is 1.43 bits per heavy atom. The molecule has 1 aliphatic heterocycles. The molecule has 3 rings (SSSR count). The lowest BCUT2D eigenvalue weighted by Gasteiger charge is -2.08. The van der Waals surface area contributed by atoms with Crippen LogP contribution >= 0.6 is 39.9 Å². The molecule has 23 heavy (non-hydrogen) atoms. The van der Waals surface area contributed by atoms with E-state index in [1.165, 1.54) is 0 Å². The van der Waals surface area contributed by atoms with Gasteiger partial charge in [0.1, 0.15) is 0 Å². The number of benzene rings is 1. The Hall–Kier alpha value is -1.08. The van der Waals surface area contributed by atoms with E-state index in [-0.39, 0.29) is 24.4 Å². The van der Waals surface area contributed by atoms with Gasteiger partial charge in [0, 0.05) is 28.6 Å². The van der Waals surface area contributed by atoms with Gasteiger partial charge in [0.15, 0.2) is 5.82 Å². The quantitative estimate of drug-likeness (QED) is 0.701. The van der Waals surface area contributed by atoms with E-state index in [2.05, 4.69) is 36.8 Å². The van der Waals surface area contributed by atoms with Crippen LogP contribution in [-0.2, 0) is 4.79 Å². The second-order valence-electron chi connectivity index (χ2n) is 5.34. The van der Waals surface area contributed by atoms with Crippen molar-refractivity contribution < 1.29 is 4.79 Å². The van der Waals surface area contributed by atoms with Gasteiger partial charge in [-0.2, -0.15) is 5.10 Å². The maximum absolute atomic E-state index is 12.0. The lowest BCUT2D eigenvalue weighted by molar-refractivity contribution is -0.116. The number of hydrogen-bond donors (Lipinski definition) is 3. The first-order valence-corrected chi connectivity index (χ1v) is 8.33. The minimum Gasteiger partial charge on any atom is -0.313 e. The van der Waals surface area contributed by atoms with Crippen molar-refractivity contribution in [3.05, 3.63) is 33.8 Å². The number of hydrogen-bond acceptors (Lipinski definition) is 3. The van der Waals surface area contributed by atoms with Gasteiger partial charge >= 0.3 is 0 Å². The van der Waals surface area contributed by atoms with Crippen LogP contribution in [-0.4, -0.2) is 28.7 Å². The van der Waals surface area contributed by atoms with E-state index in [9.17, 15) is 4.79 Å². The highest BCUT2D eigenvalue weighted by atomic mass is 79.9. The lowest BCUT2D eigenvalue weighted by Crippen LogP contribution is -2.27. The van der Waals surface area contributed by atoms with Gasteiger partial charge < -0.3 is 10.6 Å². The normalized spacial score (nSPS) is 16.9. The maximum Gasteiger partial charge on any atom is 0.227 e. The molecule has 2 heterocycles. The molecule has 1 saturated heterocycles. The van der Waals surface area contributed by atoms with Crippen LogP contribution in [0.5, 0.6) is 0 Å². The highest BCUT2D eigenvalue weighted by molar-refractivity contribution is 9.10. The summed E-state index contributed by atoms with van der Waals surface area (Å²) >= 11 is 9.61. The SMILES string of the molecule is Cl.O=C(CC1CCCN1)Nc1cc(-c2cc(Br)ccc2Cl)[nH]n1. The smallest absolute Gasteiger partial charge is 0.227 e. The van der Waals surface area contributed by atoms with Crippen molar-refractivity contribution in [1.29, 1.82) is 0 Å². The summed E-state index contributed by atoms with van der Waals surface area (Å²) in [5.41, 5.74) is 1.60. The van der Waals surface area contributed by atoms with Crippen LogP contribution in [0.4, 0.5) is 5.82 Å². The summed E-state index contributed by atoms with van der Waals surface area (Å²) in [6.07, 6.45) is 2.65. The van der Waals surface area contributed by atoms with Crippen molar-refractivity contribution in [1.82, 2.24) is 15.5 Å². The van der Waals surface area contributed by atoms with Crippen molar-refractivity contribution in [3.63, 3.8) is 0 Å². The largest absolute Gasteiger partial charge is 0.313 e. The zero-order chi connectivity index (χ0) is 15.5. The Morgan fingerprint density at radius 3 is 3.00 bits per heavy atom. The van der Waals surface area contributed by atoms with Gasteiger partial charge in [-0.25, -0.2) is 0 Å². The van der Waals surface area contributed by atoms with E-state index in [4.69, 9.17) is 11.6 Å². The highest BCUT2D eigenvalue weighted by Crippen LogP contribution is 2.30. The number of carbonyl (C=O) groups excluding carboxylic acids is 1. The van der Waals surface area contributed by atoms with Gasteiger partial charge in [-0.3, -0.25) is 9.89 Å². The van der Waals surface area contributed by atoms with Crippen molar-refractivity contribution in [3.8, 4) is 11.3 Å². The Kier molecular flexibility index (Phi) is 6.47. The number of carbonyl (C=O) groups is 1. The van der Waals surface area contributed by atoms with Gasteiger partial charge in [0.25, 0.3) is 0 Å². The third-order valence-electron chi connectivity index (χ3n) is 3.66. The lowest BCUT2D eigenvalue weighted by atomic mass is 10.1. The summed E-state index contributed by atoms with van der Waals surface area (Å²) in [4.78, 5) is 12.0. The summed E-state index contributed by atoms with van der Waals surface area (Å²) < 4.78 is 0.930. The molecule has 1 unspecified atom stereocenters. The van der Waals surface area contributed by atoms with Gasteiger partial charge in [0.05, 0.1) is 10.7 Å². The van der Waals surface area contributed by atoms with Crippen molar-refractivity contribution in [2.75, 3.05) is 11.9 Å². The molecule has 1 amide bonds. The molecule has 124 valence electrons. The van der Waals surface area contributed by atoms with E-state index in [0.29, 0.717) is 17.3 Å². The first-order valence-electron chi connectivity index (χ1n) is 7.16. The van der Waals surface area contributed by atoms with Gasteiger partial charge in [-0.1, -0.05) is 27.5 Å².